The van der Waals surface area contributed by atoms with Crippen LogP contribution in [-0.4, -0.2) is 47.6 Å². The zero-order valence-corrected chi connectivity index (χ0v) is 22.3. The number of carboxylic acid groups (broad SMARTS) is 1. The molecule has 196 valence electrons. The highest BCUT2D eigenvalue weighted by atomic mass is 35.5. The second kappa shape index (κ2) is 12.4. The van der Waals surface area contributed by atoms with Gasteiger partial charge in [-0.3, -0.25) is 5.10 Å². The van der Waals surface area contributed by atoms with Gasteiger partial charge < -0.3 is 24.1 Å². The van der Waals surface area contributed by atoms with E-state index in [4.69, 9.17) is 30.5 Å². The van der Waals surface area contributed by atoms with Crippen molar-refractivity contribution in [2.75, 3.05) is 21.3 Å². The molecule has 0 amide bonds. The van der Waals surface area contributed by atoms with Crippen molar-refractivity contribution < 1.29 is 28.8 Å². The number of benzene rings is 3. The molecule has 9 nitrogen and oxygen atoms in total. The molecular weight excluding hydrogens is 530 g/mol. The molecule has 0 unspecified atom stereocenters. The number of thioether (sulfide) groups is 1. The van der Waals surface area contributed by atoms with E-state index < -0.39 is 5.97 Å². The van der Waals surface area contributed by atoms with E-state index in [0.717, 1.165) is 17.3 Å². The molecule has 3 aromatic carbocycles. The molecule has 0 saturated heterocycles. The zero-order valence-electron chi connectivity index (χ0n) is 20.7. The third-order valence-corrected chi connectivity index (χ3v) is 6.44. The van der Waals surface area contributed by atoms with E-state index in [1.165, 1.54) is 13.2 Å². The molecule has 0 aliphatic carbocycles. The second-order valence-corrected chi connectivity index (χ2v) is 9.21. The Morgan fingerprint density at radius 3 is 2.37 bits per heavy atom. The van der Waals surface area contributed by atoms with E-state index in [1.807, 2.05) is 30.3 Å². The van der Waals surface area contributed by atoms with Crippen LogP contribution < -0.4 is 18.9 Å². The molecule has 0 radical (unpaired) electrons. The van der Waals surface area contributed by atoms with E-state index in [-0.39, 0.29) is 15.1 Å². The number of methoxy groups -OCH3 is 3. The Balaban J connectivity index is 1.57. The largest absolute Gasteiger partial charge is 0.497 e. The smallest absolute Gasteiger partial charge is 0.342 e. The summed E-state index contributed by atoms with van der Waals surface area (Å²) >= 11 is 7.37. The van der Waals surface area contributed by atoms with Crippen LogP contribution in [0.4, 0.5) is 0 Å². The maximum atomic E-state index is 12.0. The van der Waals surface area contributed by atoms with Gasteiger partial charge in [0, 0.05) is 11.6 Å². The lowest BCUT2D eigenvalue weighted by molar-refractivity contribution is -0.131. The third-order valence-electron chi connectivity index (χ3n) is 5.28. The third kappa shape index (κ3) is 6.58. The van der Waals surface area contributed by atoms with Crippen LogP contribution in [0.15, 0.2) is 70.7 Å². The molecule has 1 aromatic heterocycles. The summed E-state index contributed by atoms with van der Waals surface area (Å²) in [7, 11) is 4.59. The number of rotatable bonds is 11. The number of carbonyl (C=O) groups is 1. The summed E-state index contributed by atoms with van der Waals surface area (Å²) in [6.45, 7) is 0.300. The number of hydrogen-bond acceptors (Lipinski definition) is 8. The fourth-order valence-corrected chi connectivity index (χ4v) is 4.42. The number of nitrogens with zero attached hydrogens (tertiary/aromatic N) is 2. The average Bonchev–Trinajstić information content (AvgIpc) is 3.40. The summed E-state index contributed by atoms with van der Waals surface area (Å²) in [5.74, 6) is 1.19. The van der Waals surface area contributed by atoms with Crippen LogP contribution in [0.25, 0.3) is 17.5 Å². The number of hydrogen-bond donors (Lipinski definition) is 2. The number of aromatic nitrogens is 3. The van der Waals surface area contributed by atoms with Gasteiger partial charge in [0.25, 0.3) is 0 Å². The fourth-order valence-electron chi connectivity index (χ4n) is 3.44. The van der Waals surface area contributed by atoms with Gasteiger partial charge in [-0.05, 0) is 53.2 Å². The molecular formula is C27H24ClN3O6S. The van der Waals surface area contributed by atoms with E-state index in [2.05, 4.69) is 15.2 Å². The lowest BCUT2D eigenvalue weighted by Crippen LogP contribution is -2.00. The number of H-pyrrole nitrogens is 1. The first-order valence-electron chi connectivity index (χ1n) is 11.2. The fraction of sp³-hybridized carbons (Fsp3) is 0.148. The minimum absolute atomic E-state index is 0.0187. The number of ether oxygens (including phenoxy) is 4. The molecule has 0 atom stereocenters. The van der Waals surface area contributed by atoms with Crippen molar-refractivity contribution in [1.29, 1.82) is 0 Å². The van der Waals surface area contributed by atoms with Gasteiger partial charge in [-0.15, -0.1) is 5.10 Å². The summed E-state index contributed by atoms with van der Waals surface area (Å²) in [6, 6.07) is 18.2. The molecule has 4 rings (SSSR count). The highest BCUT2D eigenvalue weighted by Crippen LogP contribution is 2.38. The van der Waals surface area contributed by atoms with Gasteiger partial charge >= 0.3 is 5.97 Å². The topological polar surface area (TPSA) is 116 Å². The van der Waals surface area contributed by atoms with Gasteiger partial charge in [-0.2, -0.15) is 0 Å². The number of carboxylic acids is 1. The summed E-state index contributed by atoms with van der Waals surface area (Å²) in [6.07, 6.45) is 1.47. The minimum Gasteiger partial charge on any atom is -0.497 e. The number of aliphatic carboxylic acids is 1. The lowest BCUT2D eigenvalue weighted by Gasteiger charge is -2.13. The summed E-state index contributed by atoms with van der Waals surface area (Å²) in [5, 5.41) is 17.3. The zero-order chi connectivity index (χ0) is 27.1. The van der Waals surface area contributed by atoms with Crippen molar-refractivity contribution in [3.63, 3.8) is 0 Å². The van der Waals surface area contributed by atoms with Crippen molar-refractivity contribution in [3.8, 4) is 34.4 Å². The quantitative estimate of drug-likeness (QED) is 0.172. The number of halogens is 1. The molecule has 0 spiro atoms. The van der Waals surface area contributed by atoms with Crippen LogP contribution in [0.2, 0.25) is 5.02 Å². The van der Waals surface area contributed by atoms with E-state index in [9.17, 15) is 9.90 Å². The standard InChI is InChI=1S/C27H24ClN3O6S/c1-34-19-12-18(13-20(14-19)35-2)25-29-27(31-30-25)38-23(26(32)33)11-17-9-21(28)24(22(10-17)36-3)37-15-16-7-5-4-6-8-16/h4-14H,15H2,1-3H3,(H,32,33)(H,29,30,31)/b23-11-. The van der Waals surface area contributed by atoms with Crippen molar-refractivity contribution >= 4 is 35.4 Å². The normalized spacial score (nSPS) is 11.2. The van der Waals surface area contributed by atoms with Gasteiger partial charge in [-0.1, -0.05) is 41.9 Å². The molecule has 0 fully saturated rings. The molecule has 1 heterocycles. The van der Waals surface area contributed by atoms with Crippen molar-refractivity contribution in [1.82, 2.24) is 15.2 Å². The van der Waals surface area contributed by atoms with Crippen LogP contribution in [0.3, 0.4) is 0 Å². The first kappa shape index (κ1) is 26.9. The van der Waals surface area contributed by atoms with Gasteiger partial charge in [0.2, 0.25) is 5.16 Å². The van der Waals surface area contributed by atoms with Crippen molar-refractivity contribution in [2.45, 2.75) is 11.8 Å². The second-order valence-electron chi connectivity index (χ2n) is 7.79. The molecule has 0 saturated carbocycles. The summed E-state index contributed by atoms with van der Waals surface area (Å²) in [4.78, 5) is 16.4. The maximum absolute atomic E-state index is 12.0. The summed E-state index contributed by atoms with van der Waals surface area (Å²) in [5.41, 5.74) is 2.15. The van der Waals surface area contributed by atoms with Crippen LogP contribution in [0, 0.1) is 0 Å². The Labute approximate surface area is 228 Å². The monoisotopic (exact) mass is 553 g/mol. The van der Waals surface area contributed by atoms with Crippen LogP contribution in [-0.2, 0) is 11.4 Å². The SMILES string of the molecule is COc1cc(OC)cc(-c2nc(S/C(=C\c3cc(Cl)c(OCc4ccccc4)c(OC)c3)C(=O)O)n[nH]2)c1. The number of nitrogens with one attached hydrogen (secondary N) is 1. The van der Waals surface area contributed by atoms with Gasteiger partial charge in [0.15, 0.2) is 17.3 Å². The van der Waals surface area contributed by atoms with E-state index >= 15 is 0 Å². The van der Waals surface area contributed by atoms with E-state index in [1.54, 1.807) is 44.6 Å². The lowest BCUT2D eigenvalue weighted by atomic mass is 10.2. The Morgan fingerprint density at radius 1 is 1.03 bits per heavy atom. The van der Waals surface area contributed by atoms with Crippen LogP contribution >= 0.6 is 23.4 Å². The van der Waals surface area contributed by atoms with Gasteiger partial charge in [0.1, 0.15) is 23.0 Å². The van der Waals surface area contributed by atoms with Gasteiger partial charge in [-0.25, -0.2) is 9.78 Å². The first-order chi connectivity index (χ1) is 18.4. The predicted octanol–water partition coefficient (Wildman–Crippen LogP) is 5.95. The molecule has 11 heteroatoms. The Morgan fingerprint density at radius 2 is 1.74 bits per heavy atom. The van der Waals surface area contributed by atoms with Crippen molar-refractivity contribution in [2.24, 2.45) is 0 Å². The predicted molar refractivity (Wildman–Crippen MR) is 145 cm³/mol. The maximum Gasteiger partial charge on any atom is 0.342 e. The summed E-state index contributed by atoms with van der Waals surface area (Å²) < 4.78 is 21.9. The molecule has 2 N–H and O–H groups in total. The molecule has 0 bridgehead atoms. The minimum atomic E-state index is -1.15. The Hall–Kier alpha value is -4.15. The average molecular weight is 554 g/mol. The highest BCUT2D eigenvalue weighted by molar-refractivity contribution is 8.04. The molecule has 38 heavy (non-hydrogen) atoms. The highest BCUT2D eigenvalue weighted by Gasteiger charge is 2.17. The van der Waals surface area contributed by atoms with Crippen LogP contribution in [0.1, 0.15) is 11.1 Å². The van der Waals surface area contributed by atoms with Gasteiger partial charge in [0.05, 0.1) is 26.4 Å². The first-order valence-corrected chi connectivity index (χ1v) is 12.4. The molecule has 0 aliphatic heterocycles. The van der Waals surface area contributed by atoms with Crippen LogP contribution in [0.5, 0.6) is 23.0 Å². The molecule has 4 aromatic rings. The van der Waals surface area contributed by atoms with E-state index in [0.29, 0.717) is 46.6 Å². The number of aromatic amines is 1. The Bertz CT molecular complexity index is 1440. The molecule has 0 aliphatic rings. The van der Waals surface area contributed by atoms with Crippen molar-refractivity contribution in [3.05, 3.63) is 81.7 Å². The Kier molecular flexibility index (Phi) is 8.77.